The Labute approximate surface area is 105 Å². The van der Waals surface area contributed by atoms with Crippen LogP contribution < -0.4 is 5.32 Å². The Morgan fingerprint density at radius 3 is 2.73 bits per heavy atom. The average molecular weight is 339 g/mol. The maximum atomic E-state index is 11.5. The second kappa shape index (κ2) is 5.45. The fraction of sp³-hybridized carbons (Fsp3) is 0.333. The summed E-state index contributed by atoms with van der Waals surface area (Å²) in [5.41, 5.74) is 1.05. The van der Waals surface area contributed by atoms with Gasteiger partial charge in [0, 0.05) is 10.6 Å². The fourth-order valence-electron chi connectivity index (χ4n) is 0.836. The number of esters is 1. The minimum Gasteiger partial charge on any atom is -0.451 e. The van der Waals surface area contributed by atoms with Crippen LogP contribution in [0.5, 0.6) is 0 Å². The number of likely N-dealkylation sites (N-methyl/N-ethyl adjacent to an activating group) is 1. The van der Waals surface area contributed by atoms with E-state index in [0.717, 1.165) is 9.13 Å². The van der Waals surface area contributed by atoms with Crippen molar-refractivity contribution >= 4 is 45.8 Å². The number of halogens is 1. The number of thiophene rings is 1. The van der Waals surface area contributed by atoms with Crippen LogP contribution in [0, 0.1) is 10.5 Å². The lowest BCUT2D eigenvalue weighted by atomic mass is 10.3. The molecule has 0 aromatic carbocycles. The zero-order valence-corrected chi connectivity index (χ0v) is 11.3. The largest absolute Gasteiger partial charge is 0.451 e. The Morgan fingerprint density at radius 1 is 1.60 bits per heavy atom. The molecule has 4 nitrogen and oxygen atoms in total. The maximum Gasteiger partial charge on any atom is 0.349 e. The first kappa shape index (κ1) is 12.4. The number of carbonyl (C=O) groups excluding carboxylic acids is 2. The molecule has 0 atom stereocenters. The van der Waals surface area contributed by atoms with Crippen molar-refractivity contribution in [2.24, 2.45) is 0 Å². The van der Waals surface area contributed by atoms with Gasteiger partial charge in [-0.2, -0.15) is 0 Å². The third-order valence-electron chi connectivity index (χ3n) is 1.70. The number of nitrogens with one attached hydrogen (secondary N) is 1. The summed E-state index contributed by atoms with van der Waals surface area (Å²) in [5, 5.41) is 4.26. The van der Waals surface area contributed by atoms with Crippen molar-refractivity contribution in [3.63, 3.8) is 0 Å². The molecule has 0 radical (unpaired) electrons. The third kappa shape index (κ3) is 3.16. The number of rotatable bonds is 3. The molecule has 6 heteroatoms. The first-order valence-electron chi connectivity index (χ1n) is 4.17. The highest BCUT2D eigenvalue weighted by Gasteiger charge is 2.16. The van der Waals surface area contributed by atoms with Gasteiger partial charge < -0.3 is 10.1 Å². The molecule has 0 saturated heterocycles. The molecule has 0 spiro atoms. The summed E-state index contributed by atoms with van der Waals surface area (Å²) < 4.78 is 5.72. The quantitative estimate of drug-likeness (QED) is 0.672. The van der Waals surface area contributed by atoms with Crippen LogP contribution in [0.4, 0.5) is 0 Å². The number of hydrogen-bond acceptors (Lipinski definition) is 4. The Bertz CT molecular complexity index is 389. The standard InChI is InChI=1S/C9H10INO3S/c1-5-4-15-8(7(5)10)9(13)14-3-6(12)11-2/h4H,3H2,1-2H3,(H,11,12). The van der Waals surface area contributed by atoms with Crippen LogP contribution in [0.1, 0.15) is 15.2 Å². The fourth-order valence-corrected chi connectivity index (χ4v) is 2.64. The van der Waals surface area contributed by atoms with Gasteiger partial charge in [-0.05, 0) is 40.5 Å². The molecule has 0 bridgehead atoms. The van der Waals surface area contributed by atoms with Gasteiger partial charge in [0.05, 0.1) is 0 Å². The van der Waals surface area contributed by atoms with E-state index in [-0.39, 0.29) is 12.5 Å². The molecule has 1 rings (SSSR count). The summed E-state index contributed by atoms with van der Waals surface area (Å²) in [6.45, 7) is 1.69. The zero-order chi connectivity index (χ0) is 11.4. The summed E-state index contributed by atoms with van der Waals surface area (Å²) in [7, 11) is 1.50. The third-order valence-corrected chi connectivity index (χ3v) is 4.53. The highest BCUT2D eigenvalue weighted by molar-refractivity contribution is 14.1. The average Bonchev–Trinajstić information content (AvgIpc) is 2.56. The summed E-state index contributed by atoms with van der Waals surface area (Å²) in [6, 6.07) is 0. The number of carbonyl (C=O) groups is 2. The minimum absolute atomic E-state index is 0.234. The Hall–Kier alpha value is -0.630. The predicted octanol–water partition coefficient (Wildman–Crippen LogP) is 1.56. The van der Waals surface area contributed by atoms with Crippen LogP contribution in [0.15, 0.2) is 5.38 Å². The van der Waals surface area contributed by atoms with Crippen molar-refractivity contribution < 1.29 is 14.3 Å². The molecule has 1 N–H and O–H groups in total. The van der Waals surface area contributed by atoms with E-state index in [0.29, 0.717) is 4.88 Å². The lowest BCUT2D eigenvalue weighted by molar-refractivity contribution is -0.123. The monoisotopic (exact) mass is 339 g/mol. The second-order valence-corrected chi connectivity index (χ2v) is 4.77. The smallest absolute Gasteiger partial charge is 0.349 e. The van der Waals surface area contributed by atoms with E-state index in [2.05, 4.69) is 27.9 Å². The van der Waals surface area contributed by atoms with Crippen molar-refractivity contribution in [2.75, 3.05) is 13.7 Å². The number of ether oxygens (including phenoxy) is 1. The van der Waals surface area contributed by atoms with Gasteiger partial charge in [-0.25, -0.2) is 4.79 Å². The predicted molar refractivity (Wildman–Crippen MR) is 66.1 cm³/mol. The van der Waals surface area contributed by atoms with Gasteiger partial charge in [-0.15, -0.1) is 11.3 Å². The molecular formula is C9H10INO3S. The molecule has 0 aliphatic rings. The SMILES string of the molecule is CNC(=O)COC(=O)c1scc(C)c1I. The number of hydrogen-bond donors (Lipinski definition) is 1. The van der Waals surface area contributed by atoms with Crippen molar-refractivity contribution in [3.05, 3.63) is 19.4 Å². The van der Waals surface area contributed by atoms with Crippen LogP contribution >= 0.6 is 33.9 Å². The molecule has 0 aliphatic heterocycles. The van der Waals surface area contributed by atoms with Crippen LogP contribution in [0.25, 0.3) is 0 Å². The van der Waals surface area contributed by atoms with E-state index in [4.69, 9.17) is 4.74 Å². The molecule has 82 valence electrons. The van der Waals surface area contributed by atoms with Crippen molar-refractivity contribution in [1.29, 1.82) is 0 Å². The normalized spacial score (nSPS) is 9.80. The molecule has 0 unspecified atom stereocenters. The topological polar surface area (TPSA) is 55.4 Å². The van der Waals surface area contributed by atoms with E-state index in [1.807, 2.05) is 12.3 Å². The molecule has 0 aliphatic carbocycles. The highest BCUT2D eigenvalue weighted by atomic mass is 127. The van der Waals surface area contributed by atoms with Gasteiger partial charge in [0.1, 0.15) is 4.88 Å². The van der Waals surface area contributed by atoms with E-state index < -0.39 is 5.97 Å². The van der Waals surface area contributed by atoms with Crippen LogP contribution in [-0.2, 0) is 9.53 Å². The van der Waals surface area contributed by atoms with Crippen LogP contribution in [0.3, 0.4) is 0 Å². The zero-order valence-electron chi connectivity index (χ0n) is 8.30. The Morgan fingerprint density at radius 2 is 2.27 bits per heavy atom. The van der Waals surface area contributed by atoms with Gasteiger partial charge in [-0.3, -0.25) is 4.79 Å². The summed E-state index contributed by atoms with van der Waals surface area (Å²) >= 11 is 3.42. The Balaban J connectivity index is 2.62. The maximum absolute atomic E-state index is 11.5. The molecule has 1 aromatic rings. The molecule has 1 aromatic heterocycles. The van der Waals surface area contributed by atoms with Crippen molar-refractivity contribution in [2.45, 2.75) is 6.92 Å². The number of amides is 1. The first-order chi connectivity index (χ1) is 7.06. The van der Waals surface area contributed by atoms with E-state index in [1.165, 1.54) is 18.4 Å². The highest BCUT2D eigenvalue weighted by Crippen LogP contribution is 2.24. The van der Waals surface area contributed by atoms with E-state index >= 15 is 0 Å². The van der Waals surface area contributed by atoms with Gasteiger partial charge in [-0.1, -0.05) is 0 Å². The molecule has 0 saturated carbocycles. The van der Waals surface area contributed by atoms with Crippen LogP contribution in [0.2, 0.25) is 0 Å². The van der Waals surface area contributed by atoms with Gasteiger partial charge >= 0.3 is 5.97 Å². The van der Waals surface area contributed by atoms with Crippen LogP contribution in [-0.4, -0.2) is 25.5 Å². The molecule has 1 heterocycles. The summed E-state index contributed by atoms with van der Waals surface area (Å²) in [6.07, 6.45) is 0. The summed E-state index contributed by atoms with van der Waals surface area (Å²) in [5.74, 6) is -0.757. The molecule has 0 fully saturated rings. The molecule has 1 amide bonds. The van der Waals surface area contributed by atoms with Gasteiger partial charge in [0.15, 0.2) is 6.61 Å². The molecular weight excluding hydrogens is 329 g/mol. The summed E-state index contributed by atoms with van der Waals surface area (Å²) in [4.78, 5) is 22.9. The van der Waals surface area contributed by atoms with Gasteiger partial charge in [0.25, 0.3) is 5.91 Å². The van der Waals surface area contributed by atoms with Crippen molar-refractivity contribution in [1.82, 2.24) is 5.32 Å². The minimum atomic E-state index is -0.443. The van der Waals surface area contributed by atoms with E-state index in [1.54, 1.807) is 0 Å². The lowest BCUT2D eigenvalue weighted by Crippen LogP contribution is -2.25. The molecule has 15 heavy (non-hydrogen) atoms. The lowest BCUT2D eigenvalue weighted by Gasteiger charge is -2.02. The first-order valence-corrected chi connectivity index (χ1v) is 6.13. The van der Waals surface area contributed by atoms with E-state index in [9.17, 15) is 9.59 Å². The second-order valence-electron chi connectivity index (χ2n) is 2.81. The Kier molecular flexibility index (Phi) is 4.52. The number of aryl methyl sites for hydroxylation is 1. The van der Waals surface area contributed by atoms with Crippen molar-refractivity contribution in [3.8, 4) is 0 Å². The van der Waals surface area contributed by atoms with Gasteiger partial charge in [0.2, 0.25) is 0 Å².